The number of nitrogens with one attached hydrogen (secondary N) is 1. The molecule has 208 valence electrons. The smallest absolute Gasteiger partial charge is 0.244 e. The van der Waals surface area contributed by atoms with Gasteiger partial charge in [-0.3, -0.25) is 13.9 Å². The van der Waals surface area contributed by atoms with Crippen molar-refractivity contribution in [3.63, 3.8) is 0 Å². The number of para-hydroxylation sites is 1. The van der Waals surface area contributed by atoms with Gasteiger partial charge in [0.15, 0.2) is 0 Å². The van der Waals surface area contributed by atoms with E-state index in [9.17, 15) is 22.4 Å². The lowest BCUT2D eigenvalue weighted by Gasteiger charge is -2.34. The van der Waals surface area contributed by atoms with E-state index >= 15 is 0 Å². The first-order valence-corrected chi connectivity index (χ1v) is 14.8. The van der Waals surface area contributed by atoms with Gasteiger partial charge in [-0.1, -0.05) is 67.6 Å². The molecular formula is C30H36FN3O4S. The molecular weight excluding hydrogens is 517 g/mol. The fourth-order valence-corrected chi connectivity index (χ4v) is 5.25. The van der Waals surface area contributed by atoms with Crippen LogP contribution in [-0.4, -0.2) is 50.0 Å². The van der Waals surface area contributed by atoms with Crippen molar-refractivity contribution < 1.29 is 22.4 Å². The summed E-state index contributed by atoms with van der Waals surface area (Å²) in [5, 5.41) is 2.90. The molecule has 1 atom stereocenters. The minimum absolute atomic E-state index is 0.00481. The number of benzene rings is 3. The van der Waals surface area contributed by atoms with Gasteiger partial charge in [-0.15, -0.1) is 0 Å². The third-order valence-electron chi connectivity index (χ3n) is 6.29. The van der Waals surface area contributed by atoms with Gasteiger partial charge < -0.3 is 10.2 Å². The molecule has 0 aromatic heterocycles. The Hall–Kier alpha value is -3.72. The van der Waals surface area contributed by atoms with Gasteiger partial charge in [-0.2, -0.15) is 0 Å². The quantitative estimate of drug-likeness (QED) is 0.362. The molecule has 1 N–H and O–H groups in total. The van der Waals surface area contributed by atoms with Gasteiger partial charge in [0, 0.05) is 19.0 Å². The van der Waals surface area contributed by atoms with Crippen molar-refractivity contribution in [1.29, 1.82) is 0 Å². The maximum atomic E-state index is 14.0. The lowest BCUT2D eigenvalue weighted by Crippen LogP contribution is -2.54. The standard InChI is InChI=1S/C30H36FN3O4S/c1-5-25-13-9-10-14-27(25)34(39(4,37)38)21-29(35)33(20-24-15-17-26(31)18-16-24)28(30(36)32-22(2)3)19-23-11-7-6-8-12-23/h6-18,22,28H,5,19-21H2,1-4H3,(H,32,36)/t28-/m1/s1. The fourth-order valence-electron chi connectivity index (χ4n) is 4.37. The summed E-state index contributed by atoms with van der Waals surface area (Å²) in [5.41, 5.74) is 2.65. The largest absolute Gasteiger partial charge is 0.352 e. The Labute approximate surface area is 230 Å². The van der Waals surface area contributed by atoms with Gasteiger partial charge in [0.2, 0.25) is 21.8 Å². The number of aryl methyl sites for hydroxylation is 1. The number of carbonyl (C=O) groups is 2. The van der Waals surface area contributed by atoms with Gasteiger partial charge in [0.25, 0.3) is 0 Å². The zero-order chi connectivity index (χ0) is 28.6. The molecule has 0 aliphatic heterocycles. The van der Waals surface area contributed by atoms with Crippen molar-refractivity contribution in [1.82, 2.24) is 10.2 Å². The third kappa shape index (κ3) is 8.38. The molecule has 0 heterocycles. The van der Waals surface area contributed by atoms with Crippen LogP contribution in [0.5, 0.6) is 0 Å². The van der Waals surface area contributed by atoms with E-state index < -0.39 is 34.3 Å². The minimum atomic E-state index is -3.85. The van der Waals surface area contributed by atoms with Crippen LogP contribution in [0.25, 0.3) is 0 Å². The number of sulfonamides is 1. The van der Waals surface area contributed by atoms with Gasteiger partial charge in [-0.05, 0) is 55.2 Å². The maximum absolute atomic E-state index is 14.0. The molecule has 0 aliphatic rings. The Bertz CT molecular complexity index is 1360. The summed E-state index contributed by atoms with van der Waals surface area (Å²) in [6.07, 6.45) is 1.85. The molecule has 0 saturated heterocycles. The van der Waals surface area contributed by atoms with Crippen LogP contribution in [-0.2, 0) is 39.0 Å². The van der Waals surface area contributed by atoms with E-state index in [4.69, 9.17) is 0 Å². The van der Waals surface area contributed by atoms with Gasteiger partial charge in [0.1, 0.15) is 18.4 Å². The molecule has 2 amide bonds. The zero-order valence-electron chi connectivity index (χ0n) is 22.8. The van der Waals surface area contributed by atoms with E-state index in [1.54, 1.807) is 24.3 Å². The summed E-state index contributed by atoms with van der Waals surface area (Å²) in [6, 6.07) is 20.9. The van der Waals surface area contributed by atoms with Crippen LogP contribution < -0.4 is 9.62 Å². The number of rotatable bonds is 12. The summed E-state index contributed by atoms with van der Waals surface area (Å²) >= 11 is 0. The predicted molar refractivity (Wildman–Crippen MR) is 152 cm³/mol. The Morgan fingerprint density at radius 1 is 0.897 bits per heavy atom. The molecule has 0 aliphatic carbocycles. The van der Waals surface area contributed by atoms with Gasteiger partial charge in [-0.25, -0.2) is 12.8 Å². The van der Waals surface area contributed by atoms with Crippen LogP contribution in [0.15, 0.2) is 78.9 Å². The van der Waals surface area contributed by atoms with Gasteiger partial charge in [0.05, 0.1) is 11.9 Å². The highest BCUT2D eigenvalue weighted by atomic mass is 32.2. The van der Waals surface area contributed by atoms with E-state index in [-0.39, 0.29) is 24.9 Å². The second-order valence-electron chi connectivity index (χ2n) is 9.77. The Balaban J connectivity index is 2.07. The fraction of sp³-hybridized carbons (Fsp3) is 0.333. The van der Waals surface area contributed by atoms with E-state index in [1.165, 1.54) is 17.0 Å². The SMILES string of the molecule is CCc1ccccc1N(CC(=O)N(Cc1ccc(F)cc1)[C@H](Cc1ccccc1)C(=O)NC(C)C)S(C)(=O)=O. The Kier molecular flexibility index (Phi) is 10.2. The van der Waals surface area contributed by atoms with Crippen molar-refractivity contribution in [2.75, 3.05) is 17.1 Å². The molecule has 0 fully saturated rings. The van der Waals surface area contributed by atoms with E-state index in [0.29, 0.717) is 17.7 Å². The van der Waals surface area contributed by atoms with Crippen molar-refractivity contribution in [2.24, 2.45) is 0 Å². The highest BCUT2D eigenvalue weighted by Crippen LogP contribution is 2.24. The average molecular weight is 554 g/mol. The lowest BCUT2D eigenvalue weighted by molar-refractivity contribution is -0.140. The highest BCUT2D eigenvalue weighted by molar-refractivity contribution is 7.92. The Morgan fingerprint density at radius 3 is 2.10 bits per heavy atom. The van der Waals surface area contributed by atoms with E-state index in [2.05, 4.69) is 5.32 Å². The molecule has 9 heteroatoms. The summed E-state index contributed by atoms with van der Waals surface area (Å²) in [6.45, 7) is 5.08. The van der Waals surface area contributed by atoms with Crippen LogP contribution in [0.3, 0.4) is 0 Å². The van der Waals surface area contributed by atoms with Crippen LogP contribution in [0.1, 0.15) is 37.5 Å². The van der Waals surface area contributed by atoms with Crippen LogP contribution in [0, 0.1) is 5.82 Å². The molecule has 3 rings (SSSR count). The van der Waals surface area contributed by atoms with Crippen LogP contribution in [0.4, 0.5) is 10.1 Å². The minimum Gasteiger partial charge on any atom is -0.352 e. The number of hydrogen-bond acceptors (Lipinski definition) is 4. The van der Waals surface area contributed by atoms with Crippen molar-refractivity contribution in [2.45, 2.75) is 52.2 Å². The first-order valence-electron chi connectivity index (χ1n) is 12.9. The topological polar surface area (TPSA) is 86.8 Å². The van der Waals surface area contributed by atoms with Crippen LogP contribution >= 0.6 is 0 Å². The normalized spacial score (nSPS) is 12.2. The molecule has 0 unspecified atom stereocenters. The molecule has 7 nitrogen and oxygen atoms in total. The number of halogens is 1. The molecule has 0 spiro atoms. The summed E-state index contributed by atoms with van der Waals surface area (Å²) in [4.78, 5) is 28.9. The average Bonchev–Trinajstić information content (AvgIpc) is 2.89. The van der Waals surface area contributed by atoms with E-state index in [1.807, 2.05) is 63.2 Å². The number of hydrogen-bond donors (Lipinski definition) is 1. The number of amides is 2. The first kappa shape index (κ1) is 29.8. The monoisotopic (exact) mass is 553 g/mol. The molecule has 0 bridgehead atoms. The van der Waals surface area contributed by atoms with Crippen molar-refractivity contribution >= 4 is 27.5 Å². The van der Waals surface area contributed by atoms with Gasteiger partial charge >= 0.3 is 0 Å². The summed E-state index contributed by atoms with van der Waals surface area (Å²) in [7, 11) is -3.85. The molecule has 0 saturated carbocycles. The first-order chi connectivity index (χ1) is 18.5. The van der Waals surface area contributed by atoms with Crippen LogP contribution in [0.2, 0.25) is 0 Å². The molecule has 3 aromatic rings. The summed E-state index contributed by atoms with van der Waals surface area (Å²) < 4.78 is 40.6. The Morgan fingerprint density at radius 2 is 1.51 bits per heavy atom. The molecule has 0 radical (unpaired) electrons. The number of anilines is 1. The van der Waals surface area contributed by atoms with Crippen molar-refractivity contribution in [3.05, 3.63) is 101 Å². The van der Waals surface area contributed by atoms with E-state index in [0.717, 1.165) is 21.7 Å². The second kappa shape index (κ2) is 13.4. The zero-order valence-corrected chi connectivity index (χ0v) is 23.6. The number of nitrogens with zero attached hydrogens (tertiary/aromatic N) is 2. The lowest BCUT2D eigenvalue weighted by atomic mass is 10.0. The van der Waals surface area contributed by atoms with Crippen molar-refractivity contribution in [3.8, 4) is 0 Å². The number of carbonyl (C=O) groups excluding carboxylic acids is 2. The molecule has 39 heavy (non-hydrogen) atoms. The molecule has 3 aromatic carbocycles. The predicted octanol–water partition coefficient (Wildman–Crippen LogP) is 4.32. The second-order valence-corrected chi connectivity index (χ2v) is 11.7. The summed E-state index contributed by atoms with van der Waals surface area (Å²) in [5.74, 6) is -1.32. The maximum Gasteiger partial charge on any atom is 0.244 e. The third-order valence-corrected chi connectivity index (χ3v) is 7.42. The highest BCUT2D eigenvalue weighted by Gasteiger charge is 2.33.